The van der Waals surface area contributed by atoms with Crippen LogP contribution < -0.4 is 5.14 Å². The molecular weight excluding hydrogens is 374 g/mol. The molecule has 0 saturated carbocycles. The Balaban J connectivity index is 1.70. The monoisotopic (exact) mass is 395 g/mol. The van der Waals surface area contributed by atoms with Gasteiger partial charge in [0.25, 0.3) is 0 Å². The fraction of sp³-hybridized carbons (Fsp3) is 0.294. The van der Waals surface area contributed by atoms with E-state index >= 15 is 0 Å². The second-order valence-electron chi connectivity index (χ2n) is 6.19. The smallest absolute Gasteiger partial charge is 0.243 e. The molecule has 3 rings (SSSR count). The van der Waals surface area contributed by atoms with Gasteiger partial charge in [-0.25, -0.2) is 22.0 Å². The Labute approximate surface area is 154 Å². The van der Waals surface area contributed by atoms with Gasteiger partial charge in [-0.1, -0.05) is 36.4 Å². The van der Waals surface area contributed by atoms with E-state index in [9.17, 15) is 16.8 Å². The Morgan fingerprint density at radius 1 is 0.808 bits per heavy atom. The van der Waals surface area contributed by atoms with E-state index in [0.717, 1.165) is 12.6 Å². The second kappa shape index (κ2) is 7.45. The summed E-state index contributed by atoms with van der Waals surface area (Å²) in [5, 5.41) is 5.10. The first-order valence-electron chi connectivity index (χ1n) is 8.16. The molecule has 0 aromatic heterocycles. The van der Waals surface area contributed by atoms with Crippen LogP contribution in [0, 0.1) is 0 Å². The van der Waals surface area contributed by atoms with Gasteiger partial charge >= 0.3 is 0 Å². The molecule has 0 radical (unpaired) electrons. The number of nitrogens with two attached hydrogens (primary N) is 1. The van der Waals surface area contributed by atoms with Crippen molar-refractivity contribution in [3.8, 4) is 0 Å². The number of rotatable bonds is 5. The number of nitrogens with zero attached hydrogens (tertiary/aromatic N) is 2. The van der Waals surface area contributed by atoms with Crippen molar-refractivity contribution in [3.63, 3.8) is 0 Å². The van der Waals surface area contributed by atoms with Gasteiger partial charge in [-0.15, -0.1) is 0 Å². The third-order valence-electron chi connectivity index (χ3n) is 4.35. The van der Waals surface area contributed by atoms with Gasteiger partial charge in [-0.3, -0.25) is 4.90 Å². The minimum atomic E-state index is -3.95. The lowest BCUT2D eigenvalue weighted by molar-refractivity contribution is 0.181. The Hall–Kier alpha value is -1.78. The molecule has 1 aliphatic heterocycles. The zero-order chi connectivity index (χ0) is 18.8. The molecule has 2 aromatic carbocycles. The first-order valence-corrected chi connectivity index (χ1v) is 11.1. The summed E-state index contributed by atoms with van der Waals surface area (Å²) in [6.07, 6.45) is 0. The van der Waals surface area contributed by atoms with Crippen LogP contribution in [0.15, 0.2) is 64.4 Å². The molecule has 0 atom stereocenters. The van der Waals surface area contributed by atoms with Crippen LogP contribution in [0.25, 0.3) is 0 Å². The zero-order valence-corrected chi connectivity index (χ0v) is 15.8. The molecule has 0 unspecified atom stereocenters. The maximum Gasteiger partial charge on any atom is 0.243 e. The van der Waals surface area contributed by atoms with E-state index in [4.69, 9.17) is 5.14 Å². The summed E-state index contributed by atoms with van der Waals surface area (Å²) in [4.78, 5) is 1.93. The van der Waals surface area contributed by atoms with Crippen LogP contribution >= 0.6 is 0 Å². The first kappa shape index (κ1) is 19.0. The molecule has 9 heteroatoms. The highest BCUT2D eigenvalue weighted by Crippen LogP contribution is 2.21. The molecule has 1 heterocycles. The van der Waals surface area contributed by atoms with Crippen LogP contribution in [0.2, 0.25) is 0 Å². The molecule has 1 aliphatic rings. The van der Waals surface area contributed by atoms with Gasteiger partial charge < -0.3 is 0 Å². The van der Waals surface area contributed by atoms with Crippen LogP contribution in [0.5, 0.6) is 0 Å². The molecule has 2 N–H and O–H groups in total. The molecule has 0 bridgehead atoms. The van der Waals surface area contributed by atoms with Gasteiger partial charge in [-0.05, 0) is 23.8 Å². The number of piperazine rings is 1. The van der Waals surface area contributed by atoms with Crippen molar-refractivity contribution >= 4 is 20.0 Å². The average Bonchev–Trinajstić information content (AvgIpc) is 2.62. The van der Waals surface area contributed by atoms with Crippen molar-refractivity contribution in [2.45, 2.75) is 16.3 Å². The minimum Gasteiger partial charge on any atom is -0.296 e. The molecule has 7 nitrogen and oxygen atoms in total. The van der Waals surface area contributed by atoms with Gasteiger partial charge in [-0.2, -0.15) is 4.31 Å². The molecule has 1 saturated heterocycles. The normalized spacial score (nSPS) is 17.3. The average molecular weight is 396 g/mol. The van der Waals surface area contributed by atoms with E-state index < -0.39 is 20.0 Å². The van der Waals surface area contributed by atoms with Crippen molar-refractivity contribution < 1.29 is 16.8 Å². The topological polar surface area (TPSA) is 101 Å². The predicted molar refractivity (Wildman–Crippen MR) is 98.3 cm³/mol. The Kier molecular flexibility index (Phi) is 5.44. The largest absolute Gasteiger partial charge is 0.296 e. The maximum atomic E-state index is 12.8. The molecular formula is C17H21N3O4S2. The fourth-order valence-corrected chi connectivity index (χ4v) is 5.03. The van der Waals surface area contributed by atoms with E-state index in [1.807, 2.05) is 30.3 Å². The van der Waals surface area contributed by atoms with Gasteiger partial charge in [0.1, 0.15) is 0 Å². The van der Waals surface area contributed by atoms with Crippen LogP contribution in [0.1, 0.15) is 5.56 Å². The summed E-state index contributed by atoms with van der Waals surface area (Å²) >= 11 is 0. The van der Waals surface area contributed by atoms with Crippen LogP contribution in [-0.2, 0) is 26.6 Å². The maximum absolute atomic E-state index is 12.8. The molecule has 0 spiro atoms. The van der Waals surface area contributed by atoms with Crippen molar-refractivity contribution in [1.82, 2.24) is 9.21 Å². The Morgan fingerprint density at radius 3 is 2.04 bits per heavy atom. The quantitative estimate of drug-likeness (QED) is 0.809. The molecule has 26 heavy (non-hydrogen) atoms. The van der Waals surface area contributed by atoms with Crippen molar-refractivity contribution in [3.05, 3.63) is 60.2 Å². The minimum absolute atomic E-state index is 0.0551. The summed E-state index contributed by atoms with van der Waals surface area (Å²) in [5.41, 5.74) is 1.18. The van der Waals surface area contributed by atoms with Crippen molar-refractivity contribution in [2.24, 2.45) is 5.14 Å². The molecule has 0 amide bonds. The van der Waals surface area contributed by atoms with E-state index in [1.54, 1.807) is 0 Å². The lowest BCUT2D eigenvalue weighted by atomic mass is 10.2. The predicted octanol–water partition coefficient (Wildman–Crippen LogP) is 0.841. The highest BCUT2D eigenvalue weighted by atomic mass is 32.2. The molecule has 1 fully saturated rings. The third kappa shape index (κ3) is 4.30. The summed E-state index contributed by atoms with van der Waals surface area (Å²) in [5.74, 6) is 0. The van der Waals surface area contributed by atoms with Gasteiger partial charge in [0.05, 0.1) is 9.79 Å². The fourth-order valence-electron chi connectivity index (χ4n) is 2.93. The van der Waals surface area contributed by atoms with Gasteiger partial charge in [0, 0.05) is 32.7 Å². The van der Waals surface area contributed by atoms with Crippen LogP contribution in [-0.4, -0.2) is 52.2 Å². The molecule has 140 valence electrons. The number of hydrogen-bond donors (Lipinski definition) is 1. The van der Waals surface area contributed by atoms with E-state index in [2.05, 4.69) is 4.90 Å². The Bertz CT molecular complexity index is 968. The summed E-state index contributed by atoms with van der Waals surface area (Å²) in [7, 11) is -7.71. The lowest BCUT2D eigenvalue weighted by Gasteiger charge is -2.34. The lowest BCUT2D eigenvalue weighted by Crippen LogP contribution is -2.48. The Morgan fingerprint density at radius 2 is 1.42 bits per heavy atom. The summed E-state index contributed by atoms with van der Waals surface area (Å²) in [6, 6.07) is 15.2. The van der Waals surface area contributed by atoms with Crippen molar-refractivity contribution in [1.29, 1.82) is 0 Å². The van der Waals surface area contributed by atoms with Crippen LogP contribution in [0.3, 0.4) is 0 Å². The van der Waals surface area contributed by atoms with Crippen LogP contribution in [0.4, 0.5) is 0 Å². The van der Waals surface area contributed by atoms with Crippen molar-refractivity contribution in [2.75, 3.05) is 26.2 Å². The number of sulfonamides is 2. The molecule has 0 aliphatic carbocycles. The third-order valence-corrected chi connectivity index (χ3v) is 7.16. The summed E-state index contributed by atoms with van der Waals surface area (Å²) < 4.78 is 49.9. The SMILES string of the molecule is NS(=O)(=O)c1cccc(S(=O)(=O)N2CCN(Cc3ccccc3)CC2)c1. The van der Waals surface area contributed by atoms with E-state index in [0.29, 0.717) is 26.2 Å². The second-order valence-corrected chi connectivity index (χ2v) is 9.69. The summed E-state index contributed by atoms with van der Waals surface area (Å²) in [6.45, 7) is 2.71. The highest BCUT2D eigenvalue weighted by Gasteiger charge is 2.29. The first-order chi connectivity index (χ1) is 12.3. The highest BCUT2D eigenvalue weighted by molar-refractivity contribution is 7.90. The molecule has 2 aromatic rings. The van der Waals surface area contributed by atoms with E-state index in [-0.39, 0.29) is 9.79 Å². The van der Waals surface area contributed by atoms with Gasteiger partial charge in [0.15, 0.2) is 0 Å². The number of primary sulfonamides is 1. The zero-order valence-electron chi connectivity index (χ0n) is 14.2. The standard InChI is InChI=1S/C17H21N3O4S2/c18-25(21,22)16-7-4-8-17(13-16)26(23,24)20-11-9-19(10-12-20)14-15-5-2-1-3-6-15/h1-8,13H,9-12,14H2,(H2,18,21,22). The van der Waals surface area contributed by atoms with E-state index in [1.165, 1.54) is 28.1 Å². The number of hydrogen-bond acceptors (Lipinski definition) is 5. The number of benzene rings is 2. The van der Waals surface area contributed by atoms with Gasteiger partial charge in [0.2, 0.25) is 20.0 Å².